The summed E-state index contributed by atoms with van der Waals surface area (Å²) < 4.78 is 6.30. The summed E-state index contributed by atoms with van der Waals surface area (Å²) in [5.74, 6) is 0.875. The topological polar surface area (TPSA) is 16.4 Å². The molecule has 0 bridgehead atoms. The summed E-state index contributed by atoms with van der Waals surface area (Å²) in [7, 11) is 0. The van der Waals surface area contributed by atoms with Crippen molar-refractivity contribution in [3.8, 4) is 67.0 Å². The van der Waals surface area contributed by atoms with E-state index in [0.717, 1.165) is 61.6 Å². The van der Waals surface area contributed by atoms with Crippen LogP contribution < -0.4 is 4.90 Å². The molecule has 2 nitrogen and oxygen atoms in total. The normalized spacial score (nSPS) is 11.3. The van der Waals surface area contributed by atoms with Gasteiger partial charge in [-0.25, -0.2) is 0 Å². The predicted octanol–water partition coefficient (Wildman–Crippen LogP) is 18.2. The number of nitrogens with zero attached hydrogens (tertiary/aromatic N) is 1. The first-order chi connectivity index (χ1) is 32.7. The predicted molar refractivity (Wildman–Crippen MR) is 279 cm³/mol. The van der Waals surface area contributed by atoms with Gasteiger partial charge < -0.3 is 9.32 Å². The van der Waals surface area contributed by atoms with E-state index in [1.54, 1.807) is 0 Å². The minimum absolute atomic E-state index is 0.875. The van der Waals surface area contributed by atoms with Crippen LogP contribution in [0.2, 0.25) is 0 Å². The number of hydrogen-bond donors (Lipinski definition) is 0. The van der Waals surface area contributed by atoms with E-state index in [9.17, 15) is 0 Å². The standard InChI is InChI=1S/C64H43NO/c1-2-12-47(13-3-1)57-17-7-8-18-59(57)50-32-39-56(40-33-50)65(55-37-30-46(31-38-55)51-34-41-61-52(42-51)27-26-48-14-4-6-16-58(48)61)54-35-28-45(29-36-54)44-22-24-49(25-23-44)60-19-9-10-20-62(60)64-43-53-15-5-11-21-63(53)66-64/h1-43H. The van der Waals surface area contributed by atoms with Gasteiger partial charge in [-0.3, -0.25) is 0 Å². The number of anilines is 3. The first-order valence-electron chi connectivity index (χ1n) is 22.6. The van der Waals surface area contributed by atoms with E-state index in [4.69, 9.17) is 4.42 Å². The molecule has 0 aliphatic carbocycles. The van der Waals surface area contributed by atoms with Crippen LogP contribution in [0.4, 0.5) is 17.1 Å². The van der Waals surface area contributed by atoms with E-state index in [-0.39, 0.29) is 0 Å². The molecule has 0 unspecified atom stereocenters. The van der Waals surface area contributed by atoms with Crippen LogP contribution in [-0.4, -0.2) is 0 Å². The van der Waals surface area contributed by atoms with Gasteiger partial charge >= 0.3 is 0 Å². The van der Waals surface area contributed by atoms with Crippen LogP contribution in [0.25, 0.3) is 99.5 Å². The minimum atomic E-state index is 0.875. The van der Waals surface area contributed by atoms with E-state index < -0.39 is 0 Å². The van der Waals surface area contributed by atoms with Gasteiger partial charge in [0.15, 0.2) is 0 Å². The molecular formula is C64H43NO. The maximum absolute atomic E-state index is 6.30. The Hall–Kier alpha value is -8.72. The fourth-order valence-corrected chi connectivity index (χ4v) is 9.55. The molecule has 1 aromatic heterocycles. The molecule has 12 rings (SSSR count). The highest BCUT2D eigenvalue weighted by Gasteiger charge is 2.16. The second-order valence-electron chi connectivity index (χ2n) is 16.9. The average molecular weight is 842 g/mol. The molecule has 0 saturated carbocycles. The molecule has 310 valence electrons. The quantitative estimate of drug-likeness (QED) is 0.135. The fourth-order valence-electron chi connectivity index (χ4n) is 9.55. The molecule has 0 saturated heterocycles. The zero-order valence-electron chi connectivity index (χ0n) is 36.2. The highest BCUT2D eigenvalue weighted by atomic mass is 16.3. The van der Waals surface area contributed by atoms with Crippen LogP contribution in [0.15, 0.2) is 265 Å². The summed E-state index contributed by atoms with van der Waals surface area (Å²) in [6.07, 6.45) is 0. The van der Waals surface area contributed by atoms with Crippen LogP contribution in [-0.2, 0) is 0 Å². The Morgan fingerprint density at radius 2 is 0.652 bits per heavy atom. The van der Waals surface area contributed by atoms with E-state index in [0.29, 0.717) is 0 Å². The Bertz CT molecular complexity index is 3630. The monoisotopic (exact) mass is 841 g/mol. The zero-order valence-corrected chi connectivity index (χ0v) is 36.2. The SMILES string of the molecule is c1ccc(-c2ccccc2-c2ccc(N(c3ccc(-c4ccc(-c5ccccc5-c5cc6ccccc6o5)cc4)cc3)c3ccc(-c4ccc5c(ccc6ccccc65)c4)cc3)cc2)cc1. The lowest BCUT2D eigenvalue weighted by Gasteiger charge is -2.26. The Labute approximate surface area is 384 Å². The minimum Gasteiger partial charge on any atom is -0.456 e. The van der Waals surface area contributed by atoms with Crippen molar-refractivity contribution in [2.24, 2.45) is 0 Å². The van der Waals surface area contributed by atoms with Crippen LogP contribution in [0.3, 0.4) is 0 Å². The van der Waals surface area contributed by atoms with E-state index in [1.165, 1.54) is 54.9 Å². The zero-order chi connectivity index (χ0) is 43.8. The van der Waals surface area contributed by atoms with Gasteiger partial charge in [-0.2, -0.15) is 0 Å². The molecule has 2 heteroatoms. The second kappa shape index (κ2) is 16.8. The number of hydrogen-bond acceptors (Lipinski definition) is 2. The number of rotatable bonds is 9. The molecule has 0 spiro atoms. The average Bonchev–Trinajstić information content (AvgIpc) is 3.84. The molecule has 11 aromatic carbocycles. The lowest BCUT2D eigenvalue weighted by Crippen LogP contribution is -2.09. The highest BCUT2D eigenvalue weighted by Crippen LogP contribution is 2.41. The maximum Gasteiger partial charge on any atom is 0.136 e. The van der Waals surface area contributed by atoms with E-state index in [1.807, 2.05) is 18.2 Å². The second-order valence-corrected chi connectivity index (χ2v) is 16.9. The lowest BCUT2D eigenvalue weighted by molar-refractivity contribution is 0.632. The summed E-state index contributed by atoms with van der Waals surface area (Å²) in [5, 5.41) is 6.17. The summed E-state index contributed by atoms with van der Waals surface area (Å²) in [6, 6.07) is 93.8. The summed E-state index contributed by atoms with van der Waals surface area (Å²) in [4.78, 5) is 2.35. The summed E-state index contributed by atoms with van der Waals surface area (Å²) in [5.41, 5.74) is 17.0. The number of para-hydroxylation sites is 1. The third-order valence-corrected chi connectivity index (χ3v) is 12.9. The van der Waals surface area contributed by atoms with Gasteiger partial charge in [-0.05, 0) is 132 Å². The first-order valence-corrected chi connectivity index (χ1v) is 22.6. The van der Waals surface area contributed by atoms with Crippen molar-refractivity contribution in [3.05, 3.63) is 261 Å². The fraction of sp³-hybridized carbons (Fsp3) is 0. The Kier molecular flexibility index (Phi) is 9.89. The van der Waals surface area contributed by atoms with Gasteiger partial charge in [0.05, 0.1) is 0 Å². The Morgan fingerprint density at radius 1 is 0.242 bits per heavy atom. The van der Waals surface area contributed by atoms with Crippen molar-refractivity contribution in [3.63, 3.8) is 0 Å². The Balaban J connectivity index is 0.875. The third kappa shape index (κ3) is 7.31. The molecule has 0 atom stereocenters. The lowest BCUT2D eigenvalue weighted by atomic mass is 9.94. The van der Waals surface area contributed by atoms with Crippen LogP contribution in [0.5, 0.6) is 0 Å². The van der Waals surface area contributed by atoms with Crippen molar-refractivity contribution in [1.29, 1.82) is 0 Å². The van der Waals surface area contributed by atoms with Crippen molar-refractivity contribution in [1.82, 2.24) is 0 Å². The molecule has 66 heavy (non-hydrogen) atoms. The van der Waals surface area contributed by atoms with Crippen molar-refractivity contribution < 1.29 is 4.42 Å². The van der Waals surface area contributed by atoms with Gasteiger partial charge in [0.2, 0.25) is 0 Å². The van der Waals surface area contributed by atoms with E-state index >= 15 is 0 Å². The molecule has 1 heterocycles. The molecule has 0 aliphatic heterocycles. The van der Waals surface area contributed by atoms with Gasteiger partial charge in [0.1, 0.15) is 11.3 Å². The highest BCUT2D eigenvalue weighted by molar-refractivity contribution is 6.08. The number of benzene rings is 11. The number of fused-ring (bicyclic) bond motifs is 4. The van der Waals surface area contributed by atoms with Crippen LogP contribution in [0, 0.1) is 0 Å². The number of furan rings is 1. The van der Waals surface area contributed by atoms with Gasteiger partial charge in [-0.1, -0.05) is 206 Å². The summed E-state index contributed by atoms with van der Waals surface area (Å²) >= 11 is 0. The van der Waals surface area contributed by atoms with Crippen molar-refractivity contribution in [2.45, 2.75) is 0 Å². The van der Waals surface area contributed by atoms with Gasteiger partial charge in [0, 0.05) is 28.0 Å². The molecule has 12 aromatic rings. The third-order valence-electron chi connectivity index (χ3n) is 12.9. The smallest absolute Gasteiger partial charge is 0.136 e. The molecule has 0 aliphatic rings. The maximum atomic E-state index is 6.30. The van der Waals surface area contributed by atoms with Crippen LogP contribution in [0.1, 0.15) is 0 Å². The van der Waals surface area contributed by atoms with E-state index in [2.05, 4.69) is 248 Å². The molecule has 0 amide bonds. The largest absolute Gasteiger partial charge is 0.456 e. The molecular weight excluding hydrogens is 799 g/mol. The molecule has 0 radical (unpaired) electrons. The van der Waals surface area contributed by atoms with Crippen LogP contribution >= 0.6 is 0 Å². The molecule has 0 fully saturated rings. The summed E-state index contributed by atoms with van der Waals surface area (Å²) in [6.45, 7) is 0. The van der Waals surface area contributed by atoms with Gasteiger partial charge in [0.25, 0.3) is 0 Å². The van der Waals surface area contributed by atoms with Gasteiger partial charge in [-0.15, -0.1) is 0 Å². The first kappa shape index (κ1) is 38.9. The van der Waals surface area contributed by atoms with Crippen molar-refractivity contribution >= 4 is 49.6 Å². The van der Waals surface area contributed by atoms with Crippen molar-refractivity contribution in [2.75, 3.05) is 4.90 Å². The Morgan fingerprint density at radius 3 is 1.27 bits per heavy atom. The molecule has 0 N–H and O–H groups in total.